The third kappa shape index (κ3) is 4.47. The highest BCUT2D eigenvalue weighted by Crippen LogP contribution is 2.26. The summed E-state index contributed by atoms with van der Waals surface area (Å²) in [6.45, 7) is 13.1. The number of nitrogens with one attached hydrogen (secondary N) is 1. The number of likely N-dealkylation sites (tertiary alicyclic amines) is 1. The lowest BCUT2D eigenvalue weighted by Gasteiger charge is -2.25. The minimum Gasteiger partial charge on any atom is -0.444 e. The van der Waals surface area contributed by atoms with E-state index in [0.717, 1.165) is 36.4 Å². The number of hydrogen-bond donors (Lipinski definition) is 1. The minimum atomic E-state index is -0.453. The summed E-state index contributed by atoms with van der Waals surface area (Å²) in [6.07, 6.45) is 1.65. The van der Waals surface area contributed by atoms with Gasteiger partial charge in [0.2, 0.25) is 0 Å². The van der Waals surface area contributed by atoms with Crippen LogP contribution in [-0.4, -0.2) is 40.9 Å². The first kappa shape index (κ1) is 17.8. The van der Waals surface area contributed by atoms with Crippen molar-refractivity contribution in [3.8, 4) is 0 Å². The first-order valence-corrected chi connectivity index (χ1v) is 8.38. The Morgan fingerprint density at radius 3 is 2.70 bits per heavy atom. The van der Waals surface area contributed by atoms with Gasteiger partial charge >= 0.3 is 6.09 Å². The van der Waals surface area contributed by atoms with Gasteiger partial charge in [-0.05, 0) is 47.5 Å². The highest BCUT2D eigenvalue weighted by atomic mass is 16.6. The van der Waals surface area contributed by atoms with Gasteiger partial charge in [0.05, 0.1) is 5.69 Å². The summed E-state index contributed by atoms with van der Waals surface area (Å²) in [5.41, 5.74) is 1.62. The molecule has 0 bridgehead atoms. The standard InChI is InChI=1S/C17H29N3O3/c1-7-14(15-11(2)19-23-12(15)3)18-13-8-9-20(10-13)16(21)22-17(4,5)6/h13-14,18H,7-10H2,1-6H3/t13-,14+/m1/s1. The number of amides is 1. The average molecular weight is 323 g/mol. The van der Waals surface area contributed by atoms with Crippen molar-refractivity contribution < 1.29 is 14.1 Å². The third-order valence-electron chi connectivity index (χ3n) is 4.12. The van der Waals surface area contributed by atoms with Gasteiger partial charge in [0.1, 0.15) is 11.4 Å². The number of carbonyl (C=O) groups excluding carboxylic acids is 1. The van der Waals surface area contributed by atoms with E-state index in [0.29, 0.717) is 6.54 Å². The molecule has 1 aliphatic rings. The molecule has 1 fully saturated rings. The molecule has 1 aromatic heterocycles. The largest absolute Gasteiger partial charge is 0.444 e. The van der Waals surface area contributed by atoms with Gasteiger partial charge in [0, 0.05) is 30.7 Å². The second-order valence-electron chi connectivity index (χ2n) is 7.28. The molecule has 2 atom stereocenters. The molecule has 1 aliphatic heterocycles. The van der Waals surface area contributed by atoms with Crippen LogP contribution in [0.15, 0.2) is 4.52 Å². The molecule has 1 amide bonds. The van der Waals surface area contributed by atoms with E-state index in [1.54, 1.807) is 4.90 Å². The van der Waals surface area contributed by atoms with Crippen molar-refractivity contribution in [1.29, 1.82) is 0 Å². The molecular weight excluding hydrogens is 294 g/mol. The Kier molecular flexibility index (Phi) is 5.34. The molecule has 1 aromatic rings. The number of hydrogen-bond acceptors (Lipinski definition) is 5. The Balaban J connectivity index is 1.95. The quantitative estimate of drug-likeness (QED) is 0.920. The Morgan fingerprint density at radius 2 is 2.17 bits per heavy atom. The van der Waals surface area contributed by atoms with E-state index in [-0.39, 0.29) is 18.2 Å². The maximum absolute atomic E-state index is 12.1. The van der Waals surface area contributed by atoms with Crippen LogP contribution in [0.2, 0.25) is 0 Å². The van der Waals surface area contributed by atoms with Crippen molar-refractivity contribution in [3.05, 3.63) is 17.0 Å². The van der Waals surface area contributed by atoms with Gasteiger partial charge in [0.15, 0.2) is 0 Å². The van der Waals surface area contributed by atoms with Crippen LogP contribution in [0.5, 0.6) is 0 Å². The van der Waals surface area contributed by atoms with E-state index in [9.17, 15) is 4.79 Å². The van der Waals surface area contributed by atoms with Gasteiger partial charge in [-0.15, -0.1) is 0 Å². The summed E-state index contributed by atoms with van der Waals surface area (Å²) in [5.74, 6) is 0.865. The van der Waals surface area contributed by atoms with Gasteiger partial charge in [-0.25, -0.2) is 4.79 Å². The lowest BCUT2D eigenvalue weighted by atomic mass is 10.0. The van der Waals surface area contributed by atoms with Crippen LogP contribution in [0.3, 0.4) is 0 Å². The van der Waals surface area contributed by atoms with Crippen molar-refractivity contribution in [2.75, 3.05) is 13.1 Å². The molecule has 0 saturated carbocycles. The molecule has 2 rings (SSSR count). The van der Waals surface area contributed by atoms with Crippen LogP contribution in [-0.2, 0) is 4.74 Å². The van der Waals surface area contributed by atoms with Crippen molar-refractivity contribution in [3.63, 3.8) is 0 Å². The molecule has 2 heterocycles. The third-order valence-corrected chi connectivity index (χ3v) is 4.12. The summed E-state index contributed by atoms with van der Waals surface area (Å²) in [6, 6.07) is 0.464. The number of ether oxygens (including phenoxy) is 1. The number of aromatic nitrogens is 1. The van der Waals surface area contributed by atoms with E-state index in [2.05, 4.69) is 17.4 Å². The van der Waals surface area contributed by atoms with E-state index >= 15 is 0 Å². The average Bonchev–Trinajstić information content (AvgIpc) is 3.02. The maximum Gasteiger partial charge on any atom is 0.410 e. The Labute approximate surface area is 138 Å². The minimum absolute atomic E-state index is 0.199. The van der Waals surface area contributed by atoms with Crippen molar-refractivity contribution >= 4 is 6.09 Å². The molecule has 1 N–H and O–H groups in total. The van der Waals surface area contributed by atoms with E-state index in [1.807, 2.05) is 34.6 Å². The smallest absolute Gasteiger partial charge is 0.410 e. The maximum atomic E-state index is 12.1. The van der Waals surface area contributed by atoms with Crippen molar-refractivity contribution in [1.82, 2.24) is 15.4 Å². The summed E-state index contributed by atoms with van der Waals surface area (Å²) in [5, 5.41) is 7.69. The molecule has 1 saturated heterocycles. The van der Waals surface area contributed by atoms with Gasteiger partial charge in [-0.3, -0.25) is 0 Å². The summed E-state index contributed by atoms with van der Waals surface area (Å²) >= 11 is 0. The number of rotatable bonds is 4. The van der Waals surface area contributed by atoms with Crippen LogP contribution in [0, 0.1) is 13.8 Å². The molecule has 0 aliphatic carbocycles. The molecule has 6 nitrogen and oxygen atoms in total. The zero-order chi connectivity index (χ0) is 17.2. The molecule has 6 heteroatoms. The van der Waals surface area contributed by atoms with Gasteiger partial charge < -0.3 is 19.5 Å². The summed E-state index contributed by atoms with van der Waals surface area (Å²) in [4.78, 5) is 13.9. The molecular formula is C17H29N3O3. The van der Waals surface area contributed by atoms with Crippen LogP contribution in [0.1, 0.15) is 63.6 Å². The monoisotopic (exact) mass is 323 g/mol. The molecule has 130 valence electrons. The van der Waals surface area contributed by atoms with E-state index in [4.69, 9.17) is 9.26 Å². The lowest BCUT2D eigenvalue weighted by molar-refractivity contribution is 0.0290. The van der Waals surface area contributed by atoms with Gasteiger partial charge in [-0.1, -0.05) is 12.1 Å². The SMILES string of the molecule is CC[C@H](N[C@@H]1CCN(C(=O)OC(C)(C)C)C1)c1c(C)noc1C. The normalized spacial score (nSPS) is 19.9. The summed E-state index contributed by atoms with van der Waals surface area (Å²) in [7, 11) is 0. The topological polar surface area (TPSA) is 67.6 Å². The highest BCUT2D eigenvalue weighted by Gasteiger charge is 2.31. The van der Waals surface area contributed by atoms with Crippen LogP contribution in [0.4, 0.5) is 4.79 Å². The molecule has 0 unspecified atom stereocenters. The Bertz CT molecular complexity index is 528. The van der Waals surface area contributed by atoms with Crippen molar-refractivity contribution in [2.45, 2.75) is 72.1 Å². The van der Waals surface area contributed by atoms with Crippen LogP contribution in [0.25, 0.3) is 0 Å². The fourth-order valence-electron chi connectivity index (χ4n) is 3.07. The Morgan fingerprint density at radius 1 is 1.48 bits per heavy atom. The fraction of sp³-hybridized carbons (Fsp3) is 0.765. The first-order valence-electron chi connectivity index (χ1n) is 8.38. The highest BCUT2D eigenvalue weighted by molar-refractivity contribution is 5.68. The van der Waals surface area contributed by atoms with Gasteiger partial charge in [0.25, 0.3) is 0 Å². The van der Waals surface area contributed by atoms with Crippen LogP contribution < -0.4 is 5.32 Å². The number of aryl methyl sites for hydroxylation is 2. The predicted octanol–water partition coefficient (Wildman–Crippen LogP) is 3.34. The second kappa shape index (κ2) is 6.91. The second-order valence-corrected chi connectivity index (χ2v) is 7.28. The molecule has 0 spiro atoms. The summed E-state index contributed by atoms with van der Waals surface area (Å²) < 4.78 is 10.7. The van der Waals surface area contributed by atoms with Crippen molar-refractivity contribution in [2.24, 2.45) is 0 Å². The Hall–Kier alpha value is -1.56. The van der Waals surface area contributed by atoms with Crippen LogP contribution >= 0.6 is 0 Å². The predicted molar refractivity (Wildman–Crippen MR) is 88.4 cm³/mol. The number of carbonyl (C=O) groups is 1. The zero-order valence-electron chi connectivity index (χ0n) is 15.1. The zero-order valence-corrected chi connectivity index (χ0v) is 15.1. The molecule has 0 aromatic carbocycles. The van der Waals surface area contributed by atoms with Gasteiger partial charge in [-0.2, -0.15) is 0 Å². The molecule has 0 radical (unpaired) electrons. The lowest BCUT2D eigenvalue weighted by Crippen LogP contribution is -2.39. The van der Waals surface area contributed by atoms with E-state index < -0.39 is 5.60 Å². The number of nitrogens with zero attached hydrogens (tertiary/aromatic N) is 2. The molecule has 23 heavy (non-hydrogen) atoms. The first-order chi connectivity index (χ1) is 10.7. The fourth-order valence-corrected chi connectivity index (χ4v) is 3.07. The van der Waals surface area contributed by atoms with E-state index in [1.165, 1.54) is 0 Å².